The molecule has 1 aromatic heterocycles. The molecule has 0 spiro atoms. The summed E-state index contributed by atoms with van der Waals surface area (Å²) >= 11 is 1.63. The number of fused-ring (bicyclic) bond motifs is 1. The van der Waals surface area contributed by atoms with E-state index in [4.69, 9.17) is 0 Å². The Balaban J connectivity index is 1.69. The highest BCUT2D eigenvalue weighted by Crippen LogP contribution is 2.59. The summed E-state index contributed by atoms with van der Waals surface area (Å²) in [6, 6.07) is 0. The molecule has 3 rings (SSSR count). The van der Waals surface area contributed by atoms with Gasteiger partial charge in [0.15, 0.2) is 5.13 Å². The summed E-state index contributed by atoms with van der Waals surface area (Å²) in [5.41, 5.74) is 2.49. The highest BCUT2D eigenvalue weighted by Gasteiger charge is 2.60. The second kappa shape index (κ2) is 5.46. The van der Waals surface area contributed by atoms with Gasteiger partial charge in [0.2, 0.25) is 5.91 Å². The third-order valence-corrected chi connectivity index (χ3v) is 5.86. The van der Waals surface area contributed by atoms with Gasteiger partial charge in [-0.1, -0.05) is 25.5 Å². The molecule has 2 heterocycles. The van der Waals surface area contributed by atoms with E-state index >= 15 is 0 Å². The predicted molar refractivity (Wildman–Crippen MR) is 91.0 cm³/mol. The fourth-order valence-corrected chi connectivity index (χ4v) is 4.50. The lowest BCUT2D eigenvalue weighted by atomic mass is 10.1. The van der Waals surface area contributed by atoms with Crippen molar-refractivity contribution in [3.05, 3.63) is 22.2 Å². The summed E-state index contributed by atoms with van der Waals surface area (Å²) in [5.74, 6) is 0.524. The summed E-state index contributed by atoms with van der Waals surface area (Å²) in [6.07, 6.45) is 3.21. The Kier molecular flexibility index (Phi) is 3.89. The molecule has 2 unspecified atom stereocenters. The van der Waals surface area contributed by atoms with E-state index in [-0.39, 0.29) is 17.2 Å². The van der Waals surface area contributed by atoms with Crippen LogP contribution >= 0.6 is 11.3 Å². The number of hydrogen-bond acceptors (Lipinski definition) is 4. The smallest absolute Gasteiger partial charge is 0.230 e. The second-order valence-corrected chi connectivity index (χ2v) is 8.52. The zero-order valence-corrected chi connectivity index (χ0v) is 14.9. The maximum Gasteiger partial charge on any atom is 0.230 e. The minimum absolute atomic E-state index is 0.0540. The van der Waals surface area contributed by atoms with E-state index in [1.165, 1.54) is 10.5 Å². The Bertz CT molecular complexity index is 628. The highest BCUT2D eigenvalue weighted by atomic mass is 32.1. The zero-order chi connectivity index (χ0) is 16.1. The molecule has 2 aliphatic rings. The van der Waals surface area contributed by atoms with Gasteiger partial charge in [-0.05, 0) is 32.2 Å². The Labute approximate surface area is 136 Å². The normalized spacial score (nSPS) is 26.2. The molecule has 0 saturated heterocycles. The molecule has 0 radical (unpaired) electrons. The first-order chi connectivity index (χ1) is 10.3. The van der Waals surface area contributed by atoms with E-state index in [2.05, 4.69) is 56.0 Å². The van der Waals surface area contributed by atoms with Crippen LogP contribution in [0.2, 0.25) is 0 Å². The third-order valence-electron chi connectivity index (χ3n) is 4.86. The first-order valence-electron chi connectivity index (χ1n) is 7.92. The molecule has 5 heteroatoms. The van der Waals surface area contributed by atoms with Crippen molar-refractivity contribution in [1.82, 2.24) is 9.88 Å². The number of rotatable bonds is 3. The molecule has 1 aliphatic heterocycles. The van der Waals surface area contributed by atoms with Gasteiger partial charge >= 0.3 is 0 Å². The lowest BCUT2D eigenvalue weighted by molar-refractivity contribution is -0.118. The quantitative estimate of drug-likeness (QED) is 0.869. The molecule has 1 amide bonds. The van der Waals surface area contributed by atoms with Crippen LogP contribution in [0.15, 0.2) is 11.6 Å². The SMILES string of the molecule is CC(C)=CC1C(C(=O)Nc2nc3c(s2)CN(C)CC3)C1(C)C. The molecular formula is C17H25N3OS. The third kappa shape index (κ3) is 2.84. The van der Waals surface area contributed by atoms with Crippen LogP contribution in [0, 0.1) is 17.3 Å². The van der Waals surface area contributed by atoms with Gasteiger partial charge in [0, 0.05) is 24.4 Å². The highest BCUT2D eigenvalue weighted by molar-refractivity contribution is 7.15. The molecule has 0 bridgehead atoms. The number of carbonyl (C=O) groups excluding carboxylic acids is 1. The van der Waals surface area contributed by atoms with Crippen molar-refractivity contribution in [2.45, 2.75) is 40.7 Å². The average molecular weight is 319 g/mol. The van der Waals surface area contributed by atoms with Crippen molar-refractivity contribution in [3.63, 3.8) is 0 Å². The molecule has 1 fully saturated rings. The summed E-state index contributed by atoms with van der Waals surface area (Å²) < 4.78 is 0. The average Bonchev–Trinajstić information content (AvgIpc) is 2.76. The summed E-state index contributed by atoms with van der Waals surface area (Å²) in [6.45, 7) is 10.5. The van der Waals surface area contributed by atoms with Gasteiger partial charge in [-0.2, -0.15) is 0 Å². The van der Waals surface area contributed by atoms with Crippen LogP contribution in [0.25, 0.3) is 0 Å². The summed E-state index contributed by atoms with van der Waals surface area (Å²) in [7, 11) is 2.12. The molecule has 2 atom stereocenters. The molecule has 4 nitrogen and oxygen atoms in total. The Hall–Kier alpha value is -1.20. The molecule has 1 N–H and O–H groups in total. The topological polar surface area (TPSA) is 45.2 Å². The van der Waals surface area contributed by atoms with Crippen LogP contribution in [0.1, 0.15) is 38.3 Å². The van der Waals surface area contributed by atoms with Crippen LogP contribution in [-0.4, -0.2) is 29.4 Å². The van der Waals surface area contributed by atoms with E-state index in [0.717, 1.165) is 30.3 Å². The summed E-state index contributed by atoms with van der Waals surface area (Å²) in [5, 5.41) is 3.82. The minimum atomic E-state index is 0.0540. The molecule has 0 aromatic carbocycles. The number of allylic oxidation sites excluding steroid dienone is 2. The molecule has 120 valence electrons. The molecule has 1 aliphatic carbocycles. The molecule has 1 saturated carbocycles. The Morgan fingerprint density at radius 3 is 2.86 bits per heavy atom. The van der Waals surface area contributed by atoms with Crippen molar-refractivity contribution < 1.29 is 4.79 Å². The van der Waals surface area contributed by atoms with Crippen molar-refractivity contribution >= 4 is 22.4 Å². The van der Waals surface area contributed by atoms with Gasteiger partial charge in [0.05, 0.1) is 11.6 Å². The molecule has 22 heavy (non-hydrogen) atoms. The number of anilines is 1. The van der Waals surface area contributed by atoms with Crippen LogP contribution in [0.5, 0.6) is 0 Å². The minimum Gasteiger partial charge on any atom is -0.302 e. The Morgan fingerprint density at radius 2 is 2.18 bits per heavy atom. The summed E-state index contributed by atoms with van der Waals surface area (Å²) in [4.78, 5) is 20.8. The number of nitrogens with zero attached hydrogens (tertiary/aromatic N) is 2. The first-order valence-corrected chi connectivity index (χ1v) is 8.73. The number of aromatic nitrogens is 1. The van der Waals surface area contributed by atoms with Gasteiger partial charge in [0.25, 0.3) is 0 Å². The van der Waals surface area contributed by atoms with Crippen LogP contribution in [0.4, 0.5) is 5.13 Å². The fourth-order valence-electron chi connectivity index (χ4n) is 3.41. The van der Waals surface area contributed by atoms with Crippen molar-refractivity contribution in [1.29, 1.82) is 0 Å². The standard InChI is InChI=1S/C17H25N3OS/c1-10(2)8-11-14(17(11,3)4)15(21)19-16-18-12-6-7-20(5)9-13(12)22-16/h8,11,14H,6-7,9H2,1-5H3,(H,18,19,21). The largest absolute Gasteiger partial charge is 0.302 e. The fraction of sp³-hybridized carbons (Fsp3) is 0.647. The number of likely N-dealkylation sites (N-methyl/N-ethyl adjacent to an activating group) is 1. The van der Waals surface area contributed by atoms with Crippen molar-refractivity contribution in [2.24, 2.45) is 17.3 Å². The van der Waals surface area contributed by atoms with Gasteiger partial charge < -0.3 is 10.2 Å². The van der Waals surface area contributed by atoms with Gasteiger partial charge in [-0.25, -0.2) is 4.98 Å². The van der Waals surface area contributed by atoms with Crippen LogP contribution in [-0.2, 0) is 17.8 Å². The maximum absolute atomic E-state index is 12.6. The van der Waals surface area contributed by atoms with Crippen LogP contribution in [0.3, 0.4) is 0 Å². The van der Waals surface area contributed by atoms with E-state index in [9.17, 15) is 4.79 Å². The van der Waals surface area contributed by atoms with E-state index in [1.54, 1.807) is 11.3 Å². The van der Waals surface area contributed by atoms with E-state index in [1.807, 2.05) is 0 Å². The number of thiazole rings is 1. The zero-order valence-electron chi connectivity index (χ0n) is 14.1. The lowest BCUT2D eigenvalue weighted by Crippen LogP contribution is -2.25. The lowest BCUT2D eigenvalue weighted by Gasteiger charge is -2.20. The number of nitrogens with one attached hydrogen (secondary N) is 1. The number of carbonyl (C=O) groups is 1. The number of amides is 1. The van der Waals surface area contributed by atoms with E-state index < -0.39 is 0 Å². The van der Waals surface area contributed by atoms with Gasteiger partial charge in [-0.15, -0.1) is 11.3 Å². The maximum atomic E-state index is 12.6. The van der Waals surface area contributed by atoms with Gasteiger partial charge in [-0.3, -0.25) is 4.79 Å². The van der Waals surface area contributed by atoms with Crippen molar-refractivity contribution in [3.8, 4) is 0 Å². The second-order valence-electron chi connectivity index (χ2n) is 7.43. The predicted octanol–water partition coefficient (Wildman–Crippen LogP) is 3.31. The first kappa shape index (κ1) is 15.7. The van der Waals surface area contributed by atoms with E-state index in [0.29, 0.717) is 5.92 Å². The van der Waals surface area contributed by atoms with Crippen LogP contribution < -0.4 is 5.32 Å². The number of hydrogen-bond donors (Lipinski definition) is 1. The molecular weight excluding hydrogens is 294 g/mol. The Morgan fingerprint density at radius 1 is 1.45 bits per heavy atom. The monoisotopic (exact) mass is 319 g/mol. The van der Waals surface area contributed by atoms with Crippen molar-refractivity contribution in [2.75, 3.05) is 18.9 Å². The molecule has 1 aromatic rings. The van der Waals surface area contributed by atoms with Gasteiger partial charge in [0.1, 0.15) is 0 Å².